The first-order valence-electron chi connectivity index (χ1n) is 11.1. The molecular formula is C27H23N3O4. The lowest BCUT2D eigenvalue weighted by Gasteiger charge is -2.21. The van der Waals surface area contributed by atoms with Gasteiger partial charge in [0.05, 0.1) is 35.9 Å². The second-order valence-electron chi connectivity index (χ2n) is 8.41. The number of nitrogens with zero attached hydrogens (tertiary/aromatic N) is 2. The average Bonchev–Trinajstić information content (AvgIpc) is 3.40. The van der Waals surface area contributed by atoms with Gasteiger partial charge in [-0.05, 0) is 36.8 Å². The number of para-hydroxylation sites is 1. The SMILES string of the molecule is C/C(C(=O)c1ccccc1CO)=C1/NC(c2ccccn2)C2C(=O)N(c3ccccc3)C(=O)C12. The summed E-state index contributed by atoms with van der Waals surface area (Å²) in [5.74, 6) is -2.55. The molecular weight excluding hydrogens is 430 g/mol. The zero-order chi connectivity index (χ0) is 23.8. The van der Waals surface area contributed by atoms with Crippen molar-refractivity contribution in [1.29, 1.82) is 0 Å². The quantitative estimate of drug-likeness (QED) is 0.350. The molecule has 2 aromatic carbocycles. The zero-order valence-corrected chi connectivity index (χ0v) is 18.5. The summed E-state index contributed by atoms with van der Waals surface area (Å²) in [6.07, 6.45) is 1.64. The third-order valence-corrected chi connectivity index (χ3v) is 6.53. The van der Waals surface area contributed by atoms with Gasteiger partial charge in [-0.2, -0.15) is 0 Å². The molecule has 2 aliphatic rings. The topological polar surface area (TPSA) is 99.6 Å². The Morgan fingerprint density at radius 2 is 1.68 bits per heavy atom. The van der Waals surface area contributed by atoms with E-state index in [1.807, 2.05) is 12.1 Å². The number of benzene rings is 2. The first kappa shape index (κ1) is 21.7. The van der Waals surface area contributed by atoms with Crippen LogP contribution >= 0.6 is 0 Å². The number of pyridine rings is 1. The molecule has 1 aromatic heterocycles. The van der Waals surface area contributed by atoms with E-state index in [0.717, 1.165) is 0 Å². The highest BCUT2D eigenvalue weighted by Gasteiger charge is 2.58. The molecule has 0 aliphatic carbocycles. The molecule has 7 heteroatoms. The van der Waals surface area contributed by atoms with Crippen molar-refractivity contribution >= 4 is 23.3 Å². The lowest BCUT2D eigenvalue weighted by molar-refractivity contribution is -0.122. The van der Waals surface area contributed by atoms with Crippen LogP contribution in [0.2, 0.25) is 0 Å². The van der Waals surface area contributed by atoms with E-state index in [0.29, 0.717) is 33.8 Å². The van der Waals surface area contributed by atoms with Gasteiger partial charge >= 0.3 is 0 Å². The fraction of sp³-hybridized carbons (Fsp3) is 0.185. The van der Waals surface area contributed by atoms with Crippen LogP contribution in [-0.2, 0) is 16.2 Å². The van der Waals surface area contributed by atoms with E-state index >= 15 is 0 Å². The predicted molar refractivity (Wildman–Crippen MR) is 125 cm³/mol. The van der Waals surface area contributed by atoms with Crippen LogP contribution in [0.3, 0.4) is 0 Å². The van der Waals surface area contributed by atoms with Crippen molar-refractivity contribution < 1.29 is 19.5 Å². The number of Topliss-reactive ketones (excluding diaryl/α,β-unsaturated/α-hetero) is 1. The highest BCUT2D eigenvalue weighted by molar-refractivity contribution is 6.24. The van der Waals surface area contributed by atoms with Crippen molar-refractivity contribution in [3.8, 4) is 0 Å². The van der Waals surface area contributed by atoms with Crippen molar-refractivity contribution in [2.75, 3.05) is 4.90 Å². The molecule has 3 unspecified atom stereocenters. The smallest absolute Gasteiger partial charge is 0.243 e. The maximum absolute atomic E-state index is 13.6. The van der Waals surface area contributed by atoms with E-state index in [-0.39, 0.29) is 24.2 Å². The van der Waals surface area contributed by atoms with Gasteiger partial charge in [-0.25, -0.2) is 4.90 Å². The molecule has 0 bridgehead atoms. The zero-order valence-electron chi connectivity index (χ0n) is 18.5. The summed E-state index contributed by atoms with van der Waals surface area (Å²) in [6.45, 7) is 1.37. The molecule has 2 N–H and O–H groups in total. The Kier molecular flexibility index (Phi) is 5.55. The van der Waals surface area contributed by atoms with E-state index in [1.54, 1.807) is 73.8 Å². The minimum absolute atomic E-state index is 0.278. The van der Waals surface area contributed by atoms with E-state index in [4.69, 9.17) is 0 Å². The van der Waals surface area contributed by atoms with Crippen LogP contribution in [0.1, 0.15) is 34.6 Å². The average molecular weight is 453 g/mol. The van der Waals surface area contributed by atoms with Crippen LogP contribution in [0.25, 0.3) is 0 Å². The number of rotatable bonds is 5. The van der Waals surface area contributed by atoms with E-state index in [2.05, 4.69) is 10.3 Å². The summed E-state index contributed by atoms with van der Waals surface area (Å²) in [5.41, 5.74) is 2.76. The minimum atomic E-state index is -0.829. The Bertz CT molecular complexity index is 1300. The molecule has 5 rings (SSSR count). The molecule has 3 atom stereocenters. The van der Waals surface area contributed by atoms with E-state index in [9.17, 15) is 19.5 Å². The number of aliphatic hydroxyl groups excluding tert-OH is 1. The molecule has 3 aromatic rings. The summed E-state index contributed by atoms with van der Waals surface area (Å²) >= 11 is 0. The maximum atomic E-state index is 13.6. The normalized spacial score (nSPS) is 23.0. The molecule has 0 radical (unpaired) electrons. The number of carbonyl (C=O) groups excluding carboxylic acids is 3. The van der Waals surface area contributed by atoms with Gasteiger partial charge in [-0.3, -0.25) is 19.4 Å². The fourth-order valence-electron chi connectivity index (χ4n) is 4.87. The van der Waals surface area contributed by atoms with Crippen LogP contribution in [0.4, 0.5) is 5.69 Å². The van der Waals surface area contributed by atoms with E-state index in [1.165, 1.54) is 4.90 Å². The molecule has 2 amide bonds. The summed E-state index contributed by atoms with van der Waals surface area (Å²) in [7, 11) is 0. The number of aliphatic hydroxyl groups is 1. The fourth-order valence-corrected chi connectivity index (χ4v) is 4.87. The van der Waals surface area contributed by atoms with Crippen LogP contribution in [0.5, 0.6) is 0 Å². The number of allylic oxidation sites excluding steroid dienone is 1. The Morgan fingerprint density at radius 3 is 2.38 bits per heavy atom. The standard InChI is InChI=1S/C27H23N3O4/c1-16(25(32)19-12-6-5-9-17(19)15-31)23-21-22(24(29-23)20-13-7-8-14-28-20)27(34)30(26(21)33)18-10-3-2-4-11-18/h2-14,21-22,24,29,31H,15H2,1H3/b23-16-. The number of anilines is 1. The van der Waals surface area contributed by atoms with Crippen LogP contribution < -0.4 is 10.2 Å². The second-order valence-corrected chi connectivity index (χ2v) is 8.41. The van der Waals surface area contributed by atoms with Crippen molar-refractivity contribution in [3.05, 3.63) is 107 Å². The van der Waals surface area contributed by atoms with Crippen LogP contribution in [0.15, 0.2) is 90.3 Å². The lowest BCUT2D eigenvalue weighted by Crippen LogP contribution is -2.35. The predicted octanol–water partition coefficient (Wildman–Crippen LogP) is 3.18. The Balaban J connectivity index is 1.63. The highest BCUT2D eigenvalue weighted by Crippen LogP contribution is 2.47. The molecule has 34 heavy (non-hydrogen) atoms. The number of nitrogens with one attached hydrogen (secondary N) is 1. The highest BCUT2D eigenvalue weighted by atomic mass is 16.3. The summed E-state index contributed by atoms with van der Waals surface area (Å²) < 4.78 is 0. The number of carbonyl (C=O) groups is 3. The number of amides is 2. The van der Waals surface area contributed by atoms with Crippen molar-refractivity contribution in [2.24, 2.45) is 11.8 Å². The van der Waals surface area contributed by atoms with Gasteiger partial charge in [0.25, 0.3) is 0 Å². The number of imide groups is 1. The van der Waals surface area contributed by atoms with Crippen molar-refractivity contribution in [3.63, 3.8) is 0 Å². The Morgan fingerprint density at radius 1 is 0.971 bits per heavy atom. The molecule has 0 spiro atoms. The number of ketones is 1. The minimum Gasteiger partial charge on any atom is -0.392 e. The van der Waals surface area contributed by atoms with Crippen LogP contribution in [-0.4, -0.2) is 27.7 Å². The number of hydrogen-bond donors (Lipinski definition) is 2. The number of hydrogen-bond acceptors (Lipinski definition) is 6. The Hall–Kier alpha value is -4.10. The summed E-state index contributed by atoms with van der Waals surface area (Å²) in [4.78, 5) is 46.3. The summed E-state index contributed by atoms with van der Waals surface area (Å²) in [5, 5.41) is 13.0. The largest absolute Gasteiger partial charge is 0.392 e. The van der Waals surface area contributed by atoms with Crippen molar-refractivity contribution in [1.82, 2.24) is 10.3 Å². The summed E-state index contributed by atoms with van der Waals surface area (Å²) in [6, 6.07) is 20.5. The lowest BCUT2D eigenvalue weighted by atomic mass is 9.87. The van der Waals surface area contributed by atoms with Gasteiger partial charge in [0.1, 0.15) is 0 Å². The molecule has 2 fully saturated rings. The molecule has 170 valence electrons. The van der Waals surface area contributed by atoms with Gasteiger partial charge in [0.15, 0.2) is 5.78 Å². The number of fused-ring (bicyclic) bond motifs is 1. The first-order valence-corrected chi connectivity index (χ1v) is 11.1. The molecule has 0 saturated carbocycles. The van der Waals surface area contributed by atoms with E-state index < -0.39 is 17.9 Å². The van der Waals surface area contributed by atoms with Gasteiger partial charge in [0, 0.05) is 23.0 Å². The third kappa shape index (κ3) is 3.41. The second kappa shape index (κ2) is 8.68. The first-order chi connectivity index (χ1) is 16.5. The van der Waals surface area contributed by atoms with Crippen LogP contribution in [0, 0.1) is 11.8 Å². The third-order valence-electron chi connectivity index (χ3n) is 6.53. The van der Waals surface area contributed by atoms with Gasteiger partial charge in [-0.15, -0.1) is 0 Å². The van der Waals surface area contributed by atoms with Gasteiger partial charge in [0.2, 0.25) is 11.8 Å². The molecule has 2 saturated heterocycles. The number of aromatic nitrogens is 1. The molecule has 7 nitrogen and oxygen atoms in total. The molecule has 3 heterocycles. The Labute approximate surface area is 196 Å². The maximum Gasteiger partial charge on any atom is 0.243 e. The van der Waals surface area contributed by atoms with Gasteiger partial charge < -0.3 is 10.4 Å². The monoisotopic (exact) mass is 453 g/mol. The van der Waals surface area contributed by atoms with Crippen molar-refractivity contribution in [2.45, 2.75) is 19.6 Å². The van der Waals surface area contributed by atoms with Gasteiger partial charge in [-0.1, -0.05) is 48.5 Å². The molecule has 2 aliphatic heterocycles.